The SMILES string of the molecule is Cc1cc(C)nc(NCc2nc(-c3cnccn3)n[nH]2)n1. The van der Waals surface area contributed by atoms with E-state index in [2.05, 4.69) is 40.4 Å². The maximum absolute atomic E-state index is 4.35. The predicted octanol–water partition coefficient (Wildman–Crippen LogP) is 1.28. The van der Waals surface area contributed by atoms with Gasteiger partial charge in [-0.3, -0.25) is 10.1 Å². The van der Waals surface area contributed by atoms with Gasteiger partial charge in [0, 0.05) is 23.8 Å². The Morgan fingerprint density at radius 1 is 1.10 bits per heavy atom. The summed E-state index contributed by atoms with van der Waals surface area (Å²) in [6.07, 6.45) is 4.83. The second kappa shape index (κ2) is 5.61. The van der Waals surface area contributed by atoms with Crippen LogP contribution < -0.4 is 5.32 Å². The van der Waals surface area contributed by atoms with Gasteiger partial charge in [-0.1, -0.05) is 0 Å². The highest BCUT2D eigenvalue weighted by Gasteiger charge is 2.07. The number of aromatic nitrogens is 7. The Bertz CT molecular complexity index is 717. The summed E-state index contributed by atoms with van der Waals surface area (Å²) in [5, 5.41) is 10.1. The van der Waals surface area contributed by atoms with E-state index < -0.39 is 0 Å². The van der Waals surface area contributed by atoms with Crippen molar-refractivity contribution < 1.29 is 0 Å². The van der Waals surface area contributed by atoms with Crippen molar-refractivity contribution in [2.75, 3.05) is 5.32 Å². The van der Waals surface area contributed by atoms with Crippen LogP contribution in [0.15, 0.2) is 24.7 Å². The summed E-state index contributed by atoms with van der Waals surface area (Å²) in [4.78, 5) is 21.1. The van der Waals surface area contributed by atoms with Crippen molar-refractivity contribution in [2.24, 2.45) is 0 Å². The monoisotopic (exact) mass is 282 g/mol. The van der Waals surface area contributed by atoms with Gasteiger partial charge in [-0.25, -0.2) is 19.9 Å². The Labute approximate surface area is 121 Å². The molecule has 0 amide bonds. The second-order valence-electron chi connectivity index (χ2n) is 4.52. The van der Waals surface area contributed by atoms with Crippen LogP contribution in [0.3, 0.4) is 0 Å². The summed E-state index contributed by atoms with van der Waals surface area (Å²) in [5.74, 6) is 1.77. The van der Waals surface area contributed by atoms with Gasteiger partial charge in [0.2, 0.25) is 11.8 Å². The molecule has 0 spiro atoms. The number of hydrogen-bond acceptors (Lipinski definition) is 7. The van der Waals surface area contributed by atoms with E-state index in [1.165, 1.54) is 0 Å². The highest BCUT2D eigenvalue weighted by Crippen LogP contribution is 2.10. The summed E-state index contributed by atoms with van der Waals surface area (Å²) >= 11 is 0. The van der Waals surface area contributed by atoms with E-state index in [9.17, 15) is 0 Å². The number of nitrogens with one attached hydrogen (secondary N) is 2. The molecule has 0 unspecified atom stereocenters. The molecule has 0 aliphatic heterocycles. The van der Waals surface area contributed by atoms with Crippen LogP contribution in [-0.2, 0) is 6.54 Å². The molecule has 0 aromatic carbocycles. The zero-order valence-corrected chi connectivity index (χ0v) is 11.7. The molecule has 0 bridgehead atoms. The number of anilines is 1. The van der Waals surface area contributed by atoms with Crippen molar-refractivity contribution in [3.8, 4) is 11.5 Å². The Morgan fingerprint density at radius 2 is 1.90 bits per heavy atom. The molecule has 21 heavy (non-hydrogen) atoms. The van der Waals surface area contributed by atoms with Crippen molar-refractivity contribution in [2.45, 2.75) is 20.4 Å². The fourth-order valence-electron chi connectivity index (χ4n) is 1.87. The van der Waals surface area contributed by atoms with Crippen LogP contribution in [-0.4, -0.2) is 35.1 Å². The summed E-state index contributed by atoms with van der Waals surface area (Å²) in [6.45, 7) is 4.32. The van der Waals surface area contributed by atoms with Crippen molar-refractivity contribution in [1.29, 1.82) is 0 Å². The van der Waals surface area contributed by atoms with Gasteiger partial charge in [-0.2, -0.15) is 5.10 Å². The number of H-pyrrole nitrogens is 1. The zero-order chi connectivity index (χ0) is 14.7. The van der Waals surface area contributed by atoms with E-state index in [0.29, 0.717) is 29.8 Å². The minimum Gasteiger partial charge on any atom is -0.347 e. The van der Waals surface area contributed by atoms with E-state index in [1.54, 1.807) is 18.6 Å². The first-order valence-corrected chi connectivity index (χ1v) is 6.44. The smallest absolute Gasteiger partial charge is 0.223 e. The van der Waals surface area contributed by atoms with Crippen molar-refractivity contribution in [1.82, 2.24) is 35.1 Å². The fourth-order valence-corrected chi connectivity index (χ4v) is 1.87. The first kappa shape index (κ1) is 13.1. The van der Waals surface area contributed by atoms with Crippen molar-refractivity contribution >= 4 is 5.95 Å². The fraction of sp³-hybridized carbons (Fsp3) is 0.231. The largest absolute Gasteiger partial charge is 0.347 e. The predicted molar refractivity (Wildman–Crippen MR) is 76.2 cm³/mol. The molecule has 3 aromatic rings. The van der Waals surface area contributed by atoms with E-state index in [0.717, 1.165) is 11.4 Å². The van der Waals surface area contributed by atoms with Gasteiger partial charge in [-0.15, -0.1) is 0 Å². The topological polar surface area (TPSA) is 105 Å². The summed E-state index contributed by atoms with van der Waals surface area (Å²) in [5.41, 5.74) is 2.47. The first-order chi connectivity index (χ1) is 10.2. The number of rotatable bonds is 4. The molecule has 3 heterocycles. The molecule has 106 valence electrons. The number of hydrogen-bond donors (Lipinski definition) is 2. The quantitative estimate of drug-likeness (QED) is 0.742. The maximum atomic E-state index is 4.35. The zero-order valence-electron chi connectivity index (χ0n) is 11.7. The molecule has 0 radical (unpaired) electrons. The van der Waals surface area contributed by atoms with Gasteiger partial charge < -0.3 is 5.32 Å². The van der Waals surface area contributed by atoms with Gasteiger partial charge in [0.15, 0.2) is 0 Å². The minimum atomic E-state index is 0.455. The van der Waals surface area contributed by atoms with Gasteiger partial charge >= 0.3 is 0 Å². The van der Waals surface area contributed by atoms with Gasteiger partial charge in [-0.05, 0) is 19.9 Å². The molecular weight excluding hydrogens is 268 g/mol. The number of aromatic amines is 1. The van der Waals surface area contributed by atoms with Crippen LogP contribution in [0.1, 0.15) is 17.2 Å². The lowest BCUT2D eigenvalue weighted by Crippen LogP contribution is -2.06. The van der Waals surface area contributed by atoms with Crippen LogP contribution in [0.2, 0.25) is 0 Å². The number of aryl methyl sites for hydroxylation is 2. The third-order valence-electron chi connectivity index (χ3n) is 2.72. The van der Waals surface area contributed by atoms with Crippen molar-refractivity contribution in [3.63, 3.8) is 0 Å². The standard InChI is InChI=1S/C13H14N8/c1-8-5-9(2)18-13(17-8)16-7-11-19-12(21-20-11)10-6-14-3-4-15-10/h3-6H,7H2,1-2H3,(H,16,17,18)(H,19,20,21). The van der Waals surface area contributed by atoms with Crippen LogP contribution >= 0.6 is 0 Å². The Kier molecular flexibility index (Phi) is 3.50. The lowest BCUT2D eigenvalue weighted by molar-refractivity contribution is 0.925. The number of nitrogens with zero attached hydrogens (tertiary/aromatic N) is 6. The molecule has 8 heteroatoms. The molecule has 0 fully saturated rings. The Hall–Kier alpha value is -2.90. The summed E-state index contributed by atoms with van der Waals surface area (Å²) in [7, 11) is 0. The minimum absolute atomic E-state index is 0.455. The summed E-state index contributed by atoms with van der Waals surface area (Å²) < 4.78 is 0. The van der Waals surface area contributed by atoms with Crippen LogP contribution in [0.5, 0.6) is 0 Å². The molecule has 3 aromatic heterocycles. The average molecular weight is 282 g/mol. The molecule has 3 rings (SSSR count). The lowest BCUT2D eigenvalue weighted by Gasteiger charge is -2.04. The molecule has 2 N–H and O–H groups in total. The normalized spacial score (nSPS) is 10.6. The molecule has 0 saturated carbocycles. The van der Waals surface area contributed by atoms with Crippen LogP contribution in [0.4, 0.5) is 5.95 Å². The molecule has 0 aliphatic rings. The molecule has 0 saturated heterocycles. The van der Waals surface area contributed by atoms with Crippen molar-refractivity contribution in [3.05, 3.63) is 41.9 Å². The maximum Gasteiger partial charge on any atom is 0.223 e. The second-order valence-corrected chi connectivity index (χ2v) is 4.52. The molecule has 0 atom stereocenters. The molecular formula is C13H14N8. The van der Waals surface area contributed by atoms with Gasteiger partial charge in [0.05, 0.1) is 12.7 Å². The van der Waals surface area contributed by atoms with E-state index >= 15 is 0 Å². The highest BCUT2D eigenvalue weighted by molar-refractivity contribution is 5.45. The van der Waals surface area contributed by atoms with E-state index in [4.69, 9.17) is 0 Å². The molecule has 8 nitrogen and oxygen atoms in total. The average Bonchev–Trinajstić information content (AvgIpc) is 2.94. The van der Waals surface area contributed by atoms with E-state index in [-0.39, 0.29) is 0 Å². The van der Waals surface area contributed by atoms with Gasteiger partial charge in [0.1, 0.15) is 11.5 Å². The third-order valence-corrected chi connectivity index (χ3v) is 2.72. The van der Waals surface area contributed by atoms with Crippen LogP contribution in [0.25, 0.3) is 11.5 Å². The Morgan fingerprint density at radius 3 is 2.62 bits per heavy atom. The Balaban J connectivity index is 1.70. The van der Waals surface area contributed by atoms with Crippen LogP contribution in [0, 0.1) is 13.8 Å². The summed E-state index contributed by atoms with van der Waals surface area (Å²) in [6, 6.07) is 1.92. The van der Waals surface area contributed by atoms with Gasteiger partial charge in [0.25, 0.3) is 0 Å². The first-order valence-electron chi connectivity index (χ1n) is 6.44. The molecule has 0 aliphatic carbocycles. The third kappa shape index (κ3) is 3.16. The lowest BCUT2D eigenvalue weighted by atomic mass is 10.4. The highest BCUT2D eigenvalue weighted by atomic mass is 15.2. The van der Waals surface area contributed by atoms with E-state index in [1.807, 2.05) is 19.9 Å².